The van der Waals surface area contributed by atoms with Gasteiger partial charge < -0.3 is 14.6 Å². The van der Waals surface area contributed by atoms with E-state index in [9.17, 15) is 23.1 Å². The Bertz CT molecular complexity index is 1020. The molecule has 1 amide bonds. The van der Waals surface area contributed by atoms with Crippen LogP contribution in [0, 0.1) is 0 Å². The minimum absolute atomic E-state index is 0. The smallest absolute Gasteiger partial charge is 0.877 e. The number of ether oxygens (including phenoxy) is 2. The number of hydrogen-bond acceptors (Lipinski definition) is 7. The maximum Gasteiger partial charge on any atom is 1.00 e. The molecule has 1 fully saturated rings. The van der Waals surface area contributed by atoms with Gasteiger partial charge in [0.05, 0.1) is 25.0 Å². The van der Waals surface area contributed by atoms with Crippen molar-refractivity contribution in [2.24, 2.45) is 0 Å². The van der Waals surface area contributed by atoms with Crippen LogP contribution in [0.25, 0.3) is 0 Å². The molecule has 10 heteroatoms. The molecule has 1 aromatic rings. The van der Waals surface area contributed by atoms with Crippen LogP contribution < -0.4 is 44.3 Å². The number of nitrogens with zero attached hydrogens (tertiary/aromatic N) is 1. The van der Waals surface area contributed by atoms with Crippen LogP contribution in [0.2, 0.25) is 0 Å². The summed E-state index contributed by atoms with van der Waals surface area (Å²) >= 11 is 0. The number of rotatable bonds is 14. The van der Waals surface area contributed by atoms with Gasteiger partial charge in [-0.2, -0.15) is 0 Å². The third kappa shape index (κ3) is 7.49. The molecule has 1 heterocycles. The minimum Gasteiger partial charge on any atom is -0.877 e. The standard InChI is InChI=1S/C26H39NO7S.Na/c1-5-6-7-8-9-10-11-12-13-14-17-34-25(30)20-15-16-22(33-4)21(18-20)27-24(29)23(19-28)35(31,32)26(27,2)3;/h15-16,18-19,28H,5-14,17H2,1-4H3;/q;+1/p-1/b23-19+;. The number of carbonyl (C=O) groups excluding carboxylic acids is 2. The first-order valence-electron chi connectivity index (χ1n) is 12.4. The fraction of sp³-hybridized carbons (Fsp3) is 0.615. The SMILES string of the molecule is CCCCCCCCCCCCOC(=O)c1ccc(OC)c(N2C(=O)/C(=C\[O-])S(=O)(=O)C2(C)C)c1.[Na+]. The zero-order valence-corrected chi connectivity index (χ0v) is 25.1. The van der Waals surface area contributed by atoms with E-state index in [2.05, 4.69) is 6.92 Å². The molecule has 0 unspecified atom stereocenters. The monoisotopic (exact) mass is 531 g/mol. The van der Waals surface area contributed by atoms with Crippen LogP contribution >= 0.6 is 0 Å². The topological polar surface area (TPSA) is 113 Å². The third-order valence-corrected chi connectivity index (χ3v) is 8.74. The molecule has 1 saturated heterocycles. The summed E-state index contributed by atoms with van der Waals surface area (Å²) in [6.07, 6.45) is 11.8. The predicted octanol–water partition coefficient (Wildman–Crippen LogP) is 1.48. The van der Waals surface area contributed by atoms with Crippen molar-refractivity contribution in [2.75, 3.05) is 18.6 Å². The molecule has 0 saturated carbocycles. The first-order chi connectivity index (χ1) is 16.6. The van der Waals surface area contributed by atoms with E-state index in [4.69, 9.17) is 9.47 Å². The molecule has 0 aliphatic carbocycles. The molecular formula is C26H38NNaO7S. The van der Waals surface area contributed by atoms with Crippen LogP contribution in [-0.2, 0) is 19.4 Å². The first kappa shape index (κ1) is 32.5. The second-order valence-corrected chi connectivity index (χ2v) is 11.7. The van der Waals surface area contributed by atoms with Crippen LogP contribution in [0.5, 0.6) is 5.75 Å². The van der Waals surface area contributed by atoms with E-state index in [0.717, 1.165) is 24.2 Å². The summed E-state index contributed by atoms with van der Waals surface area (Å²) in [6, 6.07) is 4.33. The van der Waals surface area contributed by atoms with Gasteiger partial charge in [-0.05, 0) is 38.5 Å². The zero-order chi connectivity index (χ0) is 26.1. The van der Waals surface area contributed by atoms with Gasteiger partial charge in [0.25, 0.3) is 5.91 Å². The summed E-state index contributed by atoms with van der Waals surface area (Å²) in [7, 11) is -2.83. The molecule has 2 rings (SSSR count). The summed E-state index contributed by atoms with van der Waals surface area (Å²) in [6.45, 7) is 5.15. The van der Waals surface area contributed by atoms with Gasteiger partial charge in [-0.3, -0.25) is 9.69 Å². The number of unbranched alkanes of at least 4 members (excludes halogenated alkanes) is 9. The molecule has 8 nitrogen and oxygen atoms in total. The van der Waals surface area contributed by atoms with Gasteiger partial charge in [-0.15, -0.1) is 6.26 Å². The summed E-state index contributed by atoms with van der Waals surface area (Å²) in [5.41, 5.74) is 0.241. The number of methoxy groups -OCH3 is 1. The van der Waals surface area contributed by atoms with E-state index in [1.807, 2.05) is 0 Å². The molecule has 36 heavy (non-hydrogen) atoms. The van der Waals surface area contributed by atoms with Crippen molar-refractivity contribution in [3.63, 3.8) is 0 Å². The maximum absolute atomic E-state index is 12.8. The van der Waals surface area contributed by atoms with Crippen molar-refractivity contribution in [3.05, 3.63) is 34.9 Å². The van der Waals surface area contributed by atoms with Crippen molar-refractivity contribution >= 4 is 27.4 Å². The third-order valence-electron chi connectivity index (χ3n) is 6.39. The Balaban J connectivity index is 0.00000648. The Labute approximate surface area is 237 Å². The van der Waals surface area contributed by atoms with Gasteiger partial charge in [0.2, 0.25) is 9.84 Å². The van der Waals surface area contributed by atoms with Crippen LogP contribution in [0.15, 0.2) is 29.4 Å². The molecule has 1 aliphatic heterocycles. The Hall–Kier alpha value is -1.55. The summed E-state index contributed by atoms with van der Waals surface area (Å²) in [4.78, 5) is 23.9. The number of carbonyl (C=O) groups is 2. The second kappa shape index (κ2) is 15.0. The second-order valence-electron chi connectivity index (χ2n) is 9.28. The van der Waals surface area contributed by atoms with Crippen LogP contribution in [0.1, 0.15) is 95.3 Å². The number of amides is 1. The molecule has 0 radical (unpaired) electrons. The maximum atomic E-state index is 12.8. The Kier molecular flexibility index (Phi) is 13.5. The summed E-state index contributed by atoms with van der Waals surface area (Å²) < 4.78 is 36.1. The fourth-order valence-electron chi connectivity index (χ4n) is 4.20. The Morgan fingerprint density at radius 2 is 1.58 bits per heavy atom. The van der Waals surface area contributed by atoms with E-state index in [1.165, 1.54) is 84.1 Å². The minimum atomic E-state index is -4.20. The number of anilines is 1. The van der Waals surface area contributed by atoms with Gasteiger partial charge in [-0.25, -0.2) is 13.2 Å². The van der Waals surface area contributed by atoms with Crippen molar-refractivity contribution in [3.8, 4) is 5.75 Å². The van der Waals surface area contributed by atoms with Gasteiger partial charge in [-0.1, -0.05) is 64.7 Å². The van der Waals surface area contributed by atoms with Gasteiger partial charge in [0.15, 0.2) is 0 Å². The van der Waals surface area contributed by atoms with E-state index < -0.39 is 31.5 Å². The Morgan fingerprint density at radius 1 is 1.03 bits per heavy atom. The van der Waals surface area contributed by atoms with E-state index in [1.54, 1.807) is 0 Å². The molecule has 0 bridgehead atoms. The average molecular weight is 532 g/mol. The van der Waals surface area contributed by atoms with Gasteiger partial charge in [0, 0.05) is 0 Å². The van der Waals surface area contributed by atoms with Crippen LogP contribution in [-0.4, -0.2) is 38.9 Å². The Morgan fingerprint density at radius 3 is 2.08 bits per heavy atom. The van der Waals surface area contributed by atoms with Crippen LogP contribution in [0.3, 0.4) is 0 Å². The summed E-state index contributed by atoms with van der Waals surface area (Å²) in [5, 5.41) is 11.3. The van der Waals surface area contributed by atoms with Crippen LogP contribution in [0.4, 0.5) is 5.69 Å². The fourth-order valence-corrected chi connectivity index (χ4v) is 5.61. The normalized spacial score (nSPS) is 17.2. The molecular weight excluding hydrogens is 493 g/mol. The molecule has 0 aromatic heterocycles. The quantitative estimate of drug-likeness (QED) is 0.117. The van der Waals surface area contributed by atoms with Crippen molar-refractivity contribution in [1.82, 2.24) is 0 Å². The molecule has 0 spiro atoms. The van der Waals surface area contributed by atoms with Gasteiger partial charge >= 0.3 is 35.5 Å². The first-order valence-corrected chi connectivity index (χ1v) is 13.9. The number of benzene rings is 1. The van der Waals surface area contributed by atoms with E-state index >= 15 is 0 Å². The average Bonchev–Trinajstić information content (AvgIpc) is 2.95. The summed E-state index contributed by atoms with van der Waals surface area (Å²) in [5.74, 6) is -1.34. The predicted molar refractivity (Wildman–Crippen MR) is 134 cm³/mol. The molecule has 1 aliphatic rings. The van der Waals surface area contributed by atoms with Gasteiger partial charge in [0.1, 0.15) is 15.5 Å². The molecule has 1 aromatic carbocycles. The number of sulfone groups is 1. The van der Waals surface area contributed by atoms with E-state index in [0.29, 0.717) is 0 Å². The molecule has 196 valence electrons. The molecule has 0 N–H and O–H groups in total. The largest absolute Gasteiger partial charge is 1.00 e. The van der Waals surface area contributed by atoms with Crippen molar-refractivity contribution < 1.29 is 62.1 Å². The van der Waals surface area contributed by atoms with E-state index in [-0.39, 0.29) is 59.4 Å². The zero-order valence-electron chi connectivity index (χ0n) is 22.3. The number of esters is 1. The van der Waals surface area contributed by atoms with Crippen molar-refractivity contribution in [1.29, 1.82) is 0 Å². The van der Waals surface area contributed by atoms with Crippen molar-refractivity contribution in [2.45, 2.75) is 89.9 Å². The molecule has 0 atom stereocenters. The number of hydrogen-bond donors (Lipinski definition) is 0.